The van der Waals surface area contributed by atoms with Gasteiger partial charge >= 0.3 is 5.97 Å². The van der Waals surface area contributed by atoms with Gasteiger partial charge in [-0.3, -0.25) is 4.79 Å². The van der Waals surface area contributed by atoms with E-state index in [1.807, 2.05) is 6.07 Å². The number of hydrogen-bond acceptors (Lipinski definition) is 5. The van der Waals surface area contributed by atoms with Gasteiger partial charge in [0.25, 0.3) is 0 Å². The summed E-state index contributed by atoms with van der Waals surface area (Å²) >= 11 is 3.56. The minimum absolute atomic E-state index is 0.339. The molecule has 1 aliphatic rings. The van der Waals surface area contributed by atoms with Crippen molar-refractivity contribution in [3.8, 4) is 0 Å². The van der Waals surface area contributed by atoms with Gasteiger partial charge < -0.3 is 10.4 Å². The normalized spacial score (nSPS) is 16.6. The second kappa shape index (κ2) is 6.49. The number of aryl methyl sites for hydroxylation is 1. The molecule has 0 amide bonds. The zero-order chi connectivity index (χ0) is 17.6. The van der Waals surface area contributed by atoms with E-state index in [-0.39, 0.29) is 11.7 Å². The largest absolute Gasteiger partial charge is 0.481 e. The molecule has 2 heterocycles. The average molecular weight is 469 g/mol. The lowest BCUT2D eigenvalue weighted by atomic mass is 9.88. The number of carboxylic acid groups (broad SMARTS) is 1. The lowest BCUT2D eigenvalue weighted by Gasteiger charge is -2.18. The molecule has 0 saturated heterocycles. The van der Waals surface area contributed by atoms with E-state index in [2.05, 4.69) is 37.9 Å². The summed E-state index contributed by atoms with van der Waals surface area (Å²) in [4.78, 5) is 21.7. The second-order valence-corrected chi connectivity index (χ2v) is 8.26. The van der Waals surface area contributed by atoms with Gasteiger partial charge in [-0.25, -0.2) is 14.4 Å². The minimum Gasteiger partial charge on any atom is -0.481 e. The first-order chi connectivity index (χ1) is 12.0. The summed E-state index contributed by atoms with van der Waals surface area (Å²) < 4.78 is 15.0. The van der Waals surface area contributed by atoms with Crippen molar-refractivity contribution in [2.45, 2.75) is 19.3 Å². The third kappa shape index (κ3) is 3.08. The predicted octanol–water partition coefficient (Wildman–Crippen LogP) is 4.37. The van der Waals surface area contributed by atoms with Crippen molar-refractivity contribution in [3.05, 3.63) is 44.4 Å². The molecule has 0 aliphatic heterocycles. The number of aromatic nitrogens is 2. The zero-order valence-corrected chi connectivity index (χ0v) is 15.9. The first-order valence-corrected chi connectivity index (χ1v) is 9.62. The van der Waals surface area contributed by atoms with Crippen LogP contribution in [0.4, 0.5) is 15.9 Å². The number of benzene rings is 1. The Morgan fingerprint density at radius 3 is 3.00 bits per heavy atom. The van der Waals surface area contributed by atoms with E-state index in [0.29, 0.717) is 30.8 Å². The summed E-state index contributed by atoms with van der Waals surface area (Å²) in [6, 6.07) is 4.97. The van der Waals surface area contributed by atoms with Gasteiger partial charge in [-0.15, -0.1) is 11.3 Å². The van der Waals surface area contributed by atoms with Crippen LogP contribution in [0.1, 0.15) is 16.9 Å². The highest BCUT2D eigenvalue weighted by Gasteiger charge is 2.28. The summed E-state index contributed by atoms with van der Waals surface area (Å²) in [6.07, 6.45) is 3.23. The molecule has 0 spiro atoms. The fourth-order valence-corrected chi connectivity index (χ4v) is 4.85. The number of nitrogens with zero attached hydrogens (tertiary/aromatic N) is 2. The van der Waals surface area contributed by atoms with Gasteiger partial charge in [-0.2, -0.15) is 0 Å². The van der Waals surface area contributed by atoms with Crippen molar-refractivity contribution in [3.63, 3.8) is 0 Å². The standard InChI is InChI=1S/C17H13FIN3O2S/c18-11-6-9(19)2-4-12(11)22-15-14-10-3-1-8(17(23)24)5-13(10)25-16(14)21-7-20-15/h2,4,6-8H,1,3,5H2,(H,23,24)(H,20,21,22). The predicted molar refractivity (Wildman–Crippen MR) is 103 cm³/mol. The molecule has 1 aromatic carbocycles. The number of anilines is 2. The number of carboxylic acids is 1. The molecule has 1 aliphatic carbocycles. The molecule has 128 valence electrons. The van der Waals surface area contributed by atoms with Crippen molar-refractivity contribution >= 4 is 61.6 Å². The van der Waals surface area contributed by atoms with Gasteiger partial charge in [0.05, 0.1) is 17.0 Å². The Morgan fingerprint density at radius 2 is 2.24 bits per heavy atom. The van der Waals surface area contributed by atoms with Crippen molar-refractivity contribution in [1.82, 2.24) is 9.97 Å². The van der Waals surface area contributed by atoms with Crippen molar-refractivity contribution in [1.29, 1.82) is 0 Å². The van der Waals surface area contributed by atoms with Gasteiger partial charge in [0.1, 0.15) is 22.8 Å². The van der Waals surface area contributed by atoms with Gasteiger partial charge in [0, 0.05) is 8.45 Å². The Kier molecular flexibility index (Phi) is 4.32. The van der Waals surface area contributed by atoms with Crippen LogP contribution in [-0.4, -0.2) is 21.0 Å². The van der Waals surface area contributed by atoms with E-state index in [9.17, 15) is 14.3 Å². The van der Waals surface area contributed by atoms with Crippen LogP contribution < -0.4 is 5.32 Å². The molecule has 8 heteroatoms. The third-order valence-electron chi connectivity index (χ3n) is 4.38. The monoisotopic (exact) mass is 469 g/mol. The first kappa shape index (κ1) is 16.6. The van der Waals surface area contributed by atoms with Crippen molar-refractivity contribution < 1.29 is 14.3 Å². The number of halogens is 2. The summed E-state index contributed by atoms with van der Waals surface area (Å²) in [5, 5.41) is 13.2. The lowest BCUT2D eigenvalue weighted by molar-refractivity contribution is -0.142. The van der Waals surface area contributed by atoms with Crippen LogP contribution in [0.15, 0.2) is 24.5 Å². The summed E-state index contributed by atoms with van der Waals surface area (Å²) in [5.41, 5.74) is 1.45. The molecular weight excluding hydrogens is 456 g/mol. The van der Waals surface area contributed by atoms with Crippen LogP contribution >= 0.6 is 33.9 Å². The topological polar surface area (TPSA) is 75.1 Å². The fraction of sp³-hybridized carbons (Fsp3) is 0.235. The zero-order valence-electron chi connectivity index (χ0n) is 12.9. The minimum atomic E-state index is -0.756. The van der Waals surface area contributed by atoms with Gasteiger partial charge in [0.15, 0.2) is 0 Å². The molecule has 0 fully saturated rings. The quantitative estimate of drug-likeness (QED) is 0.558. The highest BCUT2D eigenvalue weighted by Crippen LogP contribution is 2.40. The maximum absolute atomic E-state index is 14.2. The Balaban J connectivity index is 1.77. The maximum atomic E-state index is 14.2. The molecular formula is C17H13FIN3O2S. The van der Waals surface area contributed by atoms with Crippen molar-refractivity contribution in [2.75, 3.05) is 5.32 Å². The molecule has 1 atom stereocenters. The van der Waals surface area contributed by atoms with Crippen LogP contribution in [0, 0.1) is 15.3 Å². The molecule has 1 unspecified atom stereocenters. The summed E-state index contributed by atoms with van der Waals surface area (Å²) in [6.45, 7) is 0. The van der Waals surface area contributed by atoms with Gasteiger partial charge in [0.2, 0.25) is 0 Å². The fourth-order valence-electron chi connectivity index (χ4n) is 3.13. The van der Waals surface area contributed by atoms with Gasteiger partial charge in [-0.05, 0) is 65.6 Å². The van der Waals surface area contributed by atoms with Crippen LogP contribution in [0.25, 0.3) is 10.2 Å². The molecule has 25 heavy (non-hydrogen) atoms. The number of thiophene rings is 1. The number of nitrogens with one attached hydrogen (secondary N) is 1. The molecule has 4 rings (SSSR count). The molecule has 5 nitrogen and oxygen atoms in total. The molecule has 3 aromatic rings. The number of fused-ring (bicyclic) bond motifs is 3. The summed E-state index contributed by atoms with van der Waals surface area (Å²) in [5.74, 6) is -0.878. The average Bonchev–Trinajstić information content (AvgIpc) is 2.95. The van der Waals surface area contributed by atoms with E-state index in [1.165, 1.54) is 23.7 Å². The van der Waals surface area contributed by atoms with Crippen LogP contribution in [0.2, 0.25) is 0 Å². The molecule has 2 aromatic heterocycles. The van der Waals surface area contributed by atoms with E-state index >= 15 is 0 Å². The Labute approximate surface area is 160 Å². The third-order valence-corrected chi connectivity index (χ3v) is 6.21. The number of carbonyl (C=O) groups is 1. The Bertz CT molecular complexity index is 991. The molecule has 0 bridgehead atoms. The van der Waals surface area contributed by atoms with Crippen LogP contribution in [0.3, 0.4) is 0 Å². The first-order valence-electron chi connectivity index (χ1n) is 7.73. The molecule has 0 radical (unpaired) electrons. The highest BCUT2D eigenvalue weighted by atomic mass is 127. The van der Waals surface area contributed by atoms with E-state index in [0.717, 1.165) is 24.2 Å². The van der Waals surface area contributed by atoms with Crippen molar-refractivity contribution in [2.24, 2.45) is 5.92 Å². The second-order valence-electron chi connectivity index (χ2n) is 5.93. The number of rotatable bonds is 3. The SMILES string of the molecule is O=C(O)C1CCc2c(sc3ncnc(Nc4ccc(I)cc4F)c23)C1. The summed E-state index contributed by atoms with van der Waals surface area (Å²) in [7, 11) is 0. The van der Waals surface area contributed by atoms with Crippen LogP contribution in [-0.2, 0) is 17.6 Å². The van der Waals surface area contributed by atoms with E-state index < -0.39 is 5.97 Å². The van der Waals surface area contributed by atoms with E-state index in [4.69, 9.17) is 0 Å². The highest BCUT2D eigenvalue weighted by molar-refractivity contribution is 14.1. The number of hydrogen-bond donors (Lipinski definition) is 2. The van der Waals surface area contributed by atoms with E-state index in [1.54, 1.807) is 6.07 Å². The van der Waals surface area contributed by atoms with Crippen LogP contribution in [0.5, 0.6) is 0 Å². The molecule has 0 saturated carbocycles. The Hall–Kier alpha value is -1.81. The molecule has 2 N–H and O–H groups in total. The lowest BCUT2D eigenvalue weighted by Crippen LogP contribution is -2.21. The number of aliphatic carboxylic acids is 1. The Morgan fingerprint density at radius 1 is 1.40 bits per heavy atom. The maximum Gasteiger partial charge on any atom is 0.306 e. The smallest absolute Gasteiger partial charge is 0.306 e. The van der Waals surface area contributed by atoms with Gasteiger partial charge in [-0.1, -0.05) is 0 Å².